The highest BCUT2D eigenvalue weighted by Crippen LogP contribution is 2.25. The molecular weight excluding hydrogens is 303 g/mol. The van der Waals surface area contributed by atoms with Crippen molar-refractivity contribution in [1.82, 2.24) is 14.9 Å². The maximum atomic E-state index is 12.9. The van der Waals surface area contributed by atoms with Gasteiger partial charge in [0.1, 0.15) is 5.82 Å². The van der Waals surface area contributed by atoms with Crippen molar-refractivity contribution in [2.75, 3.05) is 24.7 Å². The van der Waals surface area contributed by atoms with Gasteiger partial charge in [-0.15, -0.1) is 0 Å². The molecule has 1 aromatic carbocycles. The van der Waals surface area contributed by atoms with Gasteiger partial charge in [-0.25, -0.2) is 14.4 Å². The van der Waals surface area contributed by atoms with E-state index in [1.54, 1.807) is 24.5 Å². The van der Waals surface area contributed by atoms with Crippen LogP contribution in [0.5, 0.6) is 0 Å². The highest BCUT2D eigenvalue weighted by molar-refractivity contribution is 5.42. The molecule has 2 heterocycles. The molecule has 5 heteroatoms. The number of halogens is 1. The van der Waals surface area contributed by atoms with Crippen LogP contribution in [0.3, 0.4) is 0 Å². The number of hydrogen-bond acceptors (Lipinski definition) is 4. The molecular formula is C19H21FN4. The Kier molecular flexibility index (Phi) is 4.50. The predicted octanol–water partition coefficient (Wildman–Crippen LogP) is 2.89. The van der Waals surface area contributed by atoms with Crippen LogP contribution >= 0.6 is 0 Å². The fraction of sp³-hybridized carbons (Fsp3) is 0.368. The molecule has 1 aromatic heterocycles. The molecule has 1 aliphatic heterocycles. The standard InChI is InChI=1S/C19H21FN4/c1-4-24-14-23(13-19(24,2)3)18-21-11-16(12-22-18)6-5-15-7-9-17(20)10-8-15/h7-12H,4,13-14H2,1-3H3. The molecule has 2 aromatic rings. The van der Waals surface area contributed by atoms with Crippen molar-refractivity contribution >= 4 is 5.95 Å². The molecule has 3 rings (SSSR count). The summed E-state index contributed by atoms with van der Waals surface area (Å²) in [5, 5.41) is 0. The second-order valence-corrected chi connectivity index (χ2v) is 6.54. The van der Waals surface area contributed by atoms with E-state index in [9.17, 15) is 4.39 Å². The van der Waals surface area contributed by atoms with Crippen LogP contribution in [-0.4, -0.2) is 40.2 Å². The molecule has 0 unspecified atom stereocenters. The number of anilines is 1. The number of aromatic nitrogens is 2. The summed E-state index contributed by atoms with van der Waals surface area (Å²) in [5.41, 5.74) is 1.63. The Morgan fingerprint density at radius 2 is 1.71 bits per heavy atom. The van der Waals surface area contributed by atoms with E-state index in [0.717, 1.165) is 36.8 Å². The number of benzene rings is 1. The summed E-state index contributed by atoms with van der Waals surface area (Å²) in [6.45, 7) is 9.38. The van der Waals surface area contributed by atoms with Crippen molar-refractivity contribution < 1.29 is 4.39 Å². The first kappa shape index (κ1) is 16.4. The Hall–Kier alpha value is -2.45. The zero-order valence-electron chi connectivity index (χ0n) is 14.3. The van der Waals surface area contributed by atoms with Crippen LogP contribution < -0.4 is 4.90 Å². The number of hydrogen-bond donors (Lipinski definition) is 0. The van der Waals surface area contributed by atoms with Gasteiger partial charge in [0.25, 0.3) is 0 Å². The van der Waals surface area contributed by atoms with E-state index in [-0.39, 0.29) is 11.4 Å². The second-order valence-electron chi connectivity index (χ2n) is 6.54. The van der Waals surface area contributed by atoms with Gasteiger partial charge in [0, 0.05) is 30.0 Å². The fourth-order valence-corrected chi connectivity index (χ4v) is 2.90. The third-order valence-corrected chi connectivity index (χ3v) is 4.27. The predicted molar refractivity (Wildman–Crippen MR) is 93.1 cm³/mol. The molecule has 1 aliphatic rings. The van der Waals surface area contributed by atoms with Gasteiger partial charge in [-0.05, 0) is 44.7 Å². The topological polar surface area (TPSA) is 32.3 Å². The summed E-state index contributed by atoms with van der Waals surface area (Å²) in [7, 11) is 0. The van der Waals surface area contributed by atoms with Crippen molar-refractivity contribution in [3.8, 4) is 11.8 Å². The van der Waals surface area contributed by atoms with Crippen LogP contribution in [0.1, 0.15) is 31.9 Å². The van der Waals surface area contributed by atoms with Gasteiger partial charge >= 0.3 is 0 Å². The molecule has 0 spiro atoms. The monoisotopic (exact) mass is 324 g/mol. The molecule has 1 saturated heterocycles. The number of nitrogens with zero attached hydrogens (tertiary/aromatic N) is 4. The molecule has 24 heavy (non-hydrogen) atoms. The van der Waals surface area contributed by atoms with Gasteiger partial charge in [-0.1, -0.05) is 18.8 Å². The Bertz CT molecular complexity index is 757. The summed E-state index contributed by atoms with van der Waals surface area (Å²) >= 11 is 0. The average molecular weight is 324 g/mol. The summed E-state index contributed by atoms with van der Waals surface area (Å²) in [6, 6.07) is 6.11. The molecule has 0 atom stereocenters. The molecule has 0 amide bonds. The molecule has 0 bridgehead atoms. The summed E-state index contributed by atoms with van der Waals surface area (Å²) in [6.07, 6.45) is 3.47. The van der Waals surface area contributed by atoms with Crippen molar-refractivity contribution in [3.63, 3.8) is 0 Å². The van der Waals surface area contributed by atoms with Gasteiger partial charge in [-0.2, -0.15) is 0 Å². The average Bonchev–Trinajstić information content (AvgIpc) is 2.89. The first-order valence-electron chi connectivity index (χ1n) is 8.07. The minimum absolute atomic E-state index is 0.124. The van der Waals surface area contributed by atoms with Gasteiger partial charge in [0.15, 0.2) is 0 Å². The second kappa shape index (κ2) is 6.58. The third kappa shape index (κ3) is 3.55. The van der Waals surface area contributed by atoms with Crippen LogP contribution in [-0.2, 0) is 0 Å². The normalized spacial score (nSPS) is 16.8. The third-order valence-electron chi connectivity index (χ3n) is 4.27. The number of likely N-dealkylation sites (N-methyl/N-ethyl adjacent to an activating group) is 1. The zero-order chi connectivity index (χ0) is 17.2. The van der Waals surface area contributed by atoms with Gasteiger partial charge in [0.05, 0.1) is 12.2 Å². The van der Waals surface area contributed by atoms with E-state index in [1.807, 2.05) is 0 Å². The van der Waals surface area contributed by atoms with Gasteiger partial charge in [0.2, 0.25) is 5.95 Å². The van der Waals surface area contributed by atoms with Gasteiger partial charge in [-0.3, -0.25) is 4.90 Å². The number of rotatable bonds is 2. The minimum atomic E-state index is -0.261. The smallest absolute Gasteiger partial charge is 0.226 e. The van der Waals surface area contributed by atoms with Crippen LogP contribution in [0.25, 0.3) is 0 Å². The Morgan fingerprint density at radius 1 is 1.08 bits per heavy atom. The summed E-state index contributed by atoms with van der Waals surface area (Å²) in [4.78, 5) is 13.5. The Morgan fingerprint density at radius 3 is 2.29 bits per heavy atom. The highest BCUT2D eigenvalue weighted by atomic mass is 19.1. The van der Waals surface area contributed by atoms with Crippen molar-refractivity contribution in [2.45, 2.75) is 26.3 Å². The van der Waals surface area contributed by atoms with Crippen molar-refractivity contribution in [1.29, 1.82) is 0 Å². The largest absolute Gasteiger partial charge is 0.326 e. The summed E-state index contributed by atoms with van der Waals surface area (Å²) in [5.74, 6) is 6.46. The van der Waals surface area contributed by atoms with Crippen LogP contribution in [0.4, 0.5) is 10.3 Å². The molecule has 0 aliphatic carbocycles. The molecule has 4 nitrogen and oxygen atoms in total. The lowest BCUT2D eigenvalue weighted by atomic mass is 10.1. The maximum absolute atomic E-state index is 12.9. The van der Waals surface area contributed by atoms with Crippen LogP contribution in [0, 0.1) is 17.7 Å². The van der Waals surface area contributed by atoms with Crippen molar-refractivity contribution in [3.05, 3.63) is 53.6 Å². The van der Waals surface area contributed by atoms with E-state index in [2.05, 4.69) is 52.4 Å². The van der Waals surface area contributed by atoms with Crippen LogP contribution in [0.2, 0.25) is 0 Å². The fourth-order valence-electron chi connectivity index (χ4n) is 2.90. The maximum Gasteiger partial charge on any atom is 0.226 e. The van der Waals surface area contributed by atoms with E-state index in [1.165, 1.54) is 12.1 Å². The molecule has 124 valence electrons. The minimum Gasteiger partial charge on any atom is -0.326 e. The molecule has 0 saturated carbocycles. The first-order chi connectivity index (χ1) is 11.5. The molecule has 0 N–H and O–H groups in total. The molecule has 0 radical (unpaired) electrons. The Balaban J connectivity index is 1.72. The lowest BCUT2D eigenvalue weighted by molar-refractivity contribution is 0.194. The summed E-state index contributed by atoms with van der Waals surface area (Å²) < 4.78 is 12.9. The lowest BCUT2D eigenvalue weighted by Crippen LogP contribution is -2.39. The Labute approximate surface area is 142 Å². The highest BCUT2D eigenvalue weighted by Gasteiger charge is 2.36. The quantitative estimate of drug-likeness (QED) is 0.795. The van der Waals surface area contributed by atoms with E-state index in [4.69, 9.17) is 0 Å². The zero-order valence-corrected chi connectivity index (χ0v) is 14.3. The lowest BCUT2D eigenvalue weighted by Gasteiger charge is -2.27. The van der Waals surface area contributed by atoms with E-state index in [0.29, 0.717) is 0 Å². The first-order valence-corrected chi connectivity index (χ1v) is 8.07. The SMILES string of the molecule is CCN1CN(c2ncc(C#Cc3ccc(F)cc3)cn2)CC1(C)C. The van der Waals surface area contributed by atoms with E-state index < -0.39 is 0 Å². The van der Waals surface area contributed by atoms with E-state index >= 15 is 0 Å². The van der Waals surface area contributed by atoms with Crippen LogP contribution in [0.15, 0.2) is 36.7 Å². The molecule has 1 fully saturated rings. The van der Waals surface area contributed by atoms with Gasteiger partial charge < -0.3 is 4.90 Å². The van der Waals surface area contributed by atoms with Crippen molar-refractivity contribution in [2.24, 2.45) is 0 Å².